The number of amides is 6. The van der Waals surface area contributed by atoms with E-state index in [1.807, 2.05) is 12.1 Å². The van der Waals surface area contributed by atoms with E-state index in [9.17, 15) is 63.5 Å². The molecule has 3 saturated heterocycles. The molecule has 15 rings (SSSR count). The number of hydrogen-bond acceptors (Lipinski definition) is 15. The van der Waals surface area contributed by atoms with Crippen molar-refractivity contribution in [2.24, 2.45) is 0 Å². The second-order valence-electron chi connectivity index (χ2n) is 27.3. The number of carbonyl (C=O) groups excluding carboxylic acids is 5. The number of aliphatic hydroxyl groups is 1. The van der Waals surface area contributed by atoms with E-state index in [4.69, 9.17) is 43.0 Å². The molecule has 6 amide bonds. The van der Waals surface area contributed by atoms with Crippen molar-refractivity contribution < 1.29 is 106 Å². The molecule has 9 heterocycles. The van der Waals surface area contributed by atoms with Gasteiger partial charge < -0.3 is 79.0 Å². The van der Waals surface area contributed by atoms with E-state index in [1.54, 1.807) is 49.5 Å². The van der Waals surface area contributed by atoms with Gasteiger partial charge in [-0.25, -0.2) is 4.79 Å². The number of para-hydroxylation sites is 1. The van der Waals surface area contributed by atoms with Crippen molar-refractivity contribution in [3.8, 4) is 28.7 Å². The average molecular weight is 1490 g/mol. The molecule has 6 aromatic rings. The summed E-state index contributed by atoms with van der Waals surface area (Å²) in [5.41, 5.74) is 2.96. The van der Waals surface area contributed by atoms with Gasteiger partial charge in [0, 0.05) is 136 Å². The van der Waals surface area contributed by atoms with E-state index in [-0.39, 0.29) is 54.9 Å². The summed E-state index contributed by atoms with van der Waals surface area (Å²) in [5, 5.41) is 20.3. The first-order valence-corrected chi connectivity index (χ1v) is 34.9. The first-order chi connectivity index (χ1) is 51.1. The SMILES string of the molecule is CCN1CCOc2ccc(NC(=O)/C=C3\CC4(CCOCC4)Oc4cc(C(F)(F)F)ccc43)cc21.CN1C(=O)COc2c(NC(=O)/C=C3\CC4(CCOCC4)Oc4cc(C(F)(F)F)ccc43)cccc21.O=C(/C=C1\CC2(CCOCC2)Oc2cc(C(F)(F)F)ccc21)Nc1ccc2c(c1)NC(=O)N(CCO)C2. The fourth-order valence-corrected chi connectivity index (χ4v) is 14.5. The van der Waals surface area contributed by atoms with Crippen LogP contribution in [-0.2, 0) is 58.5 Å². The first kappa shape index (κ1) is 75.0. The summed E-state index contributed by atoms with van der Waals surface area (Å²) in [7, 11) is 1.62. The Morgan fingerprint density at radius 2 is 0.991 bits per heavy atom. The minimum atomic E-state index is -4.52. The highest BCUT2D eigenvalue weighted by Gasteiger charge is 2.46. The lowest BCUT2D eigenvalue weighted by molar-refractivity contribution is -0.138. The number of rotatable bonds is 9. The van der Waals surface area contributed by atoms with Gasteiger partial charge in [-0.3, -0.25) is 19.2 Å². The summed E-state index contributed by atoms with van der Waals surface area (Å²) in [5.74, 6) is 0.0336. The monoisotopic (exact) mass is 1490 g/mol. The summed E-state index contributed by atoms with van der Waals surface area (Å²) < 4.78 is 166. The molecular formula is C77H76F9N7O14. The minimum absolute atomic E-state index is 0.103. The van der Waals surface area contributed by atoms with E-state index in [0.29, 0.717) is 178 Å². The number of alkyl halides is 9. The molecule has 9 aliphatic heterocycles. The van der Waals surface area contributed by atoms with Crippen molar-refractivity contribution in [2.75, 3.05) is 117 Å². The number of carbonyl (C=O) groups is 5. The van der Waals surface area contributed by atoms with Gasteiger partial charge in [0.05, 0.1) is 86.5 Å². The molecule has 0 atom stereocenters. The summed E-state index contributed by atoms with van der Waals surface area (Å²) in [4.78, 5) is 68.3. The van der Waals surface area contributed by atoms with Crippen LogP contribution >= 0.6 is 0 Å². The Hall–Kier alpha value is -10.3. The van der Waals surface area contributed by atoms with Gasteiger partial charge in [0.15, 0.2) is 12.4 Å². The molecule has 6 aromatic carbocycles. The number of nitrogens with zero attached hydrogens (tertiary/aromatic N) is 3. The third-order valence-electron chi connectivity index (χ3n) is 20.1. The van der Waals surface area contributed by atoms with Gasteiger partial charge in [-0.1, -0.05) is 30.3 Å². The highest BCUT2D eigenvalue weighted by atomic mass is 19.4. The maximum Gasteiger partial charge on any atom is 0.416 e. The molecule has 3 fully saturated rings. The Labute approximate surface area is 608 Å². The van der Waals surface area contributed by atoms with Crippen molar-refractivity contribution in [1.29, 1.82) is 0 Å². The van der Waals surface area contributed by atoms with E-state index >= 15 is 0 Å². The van der Waals surface area contributed by atoms with E-state index in [0.717, 1.165) is 66.5 Å². The van der Waals surface area contributed by atoms with Crippen molar-refractivity contribution in [3.63, 3.8) is 0 Å². The second kappa shape index (κ2) is 30.5. The number of ether oxygens (including phenoxy) is 8. The van der Waals surface area contributed by atoms with Crippen LogP contribution in [0.5, 0.6) is 28.7 Å². The number of urea groups is 1. The van der Waals surface area contributed by atoms with Crippen LogP contribution < -0.4 is 54.8 Å². The maximum absolute atomic E-state index is 13.4. The highest BCUT2D eigenvalue weighted by molar-refractivity contribution is 6.08. The number of halogens is 9. The van der Waals surface area contributed by atoms with Gasteiger partial charge in [0.1, 0.15) is 46.4 Å². The number of benzene rings is 6. The third-order valence-corrected chi connectivity index (χ3v) is 20.1. The number of hydrogen-bond donors (Lipinski definition) is 5. The molecule has 0 aliphatic carbocycles. The molecule has 107 heavy (non-hydrogen) atoms. The molecule has 566 valence electrons. The molecule has 0 aromatic heterocycles. The summed E-state index contributed by atoms with van der Waals surface area (Å²) in [6.07, 6.45) is -5.02. The maximum atomic E-state index is 13.4. The van der Waals surface area contributed by atoms with Crippen LogP contribution in [0.25, 0.3) is 16.7 Å². The Kier molecular flexibility index (Phi) is 21.4. The number of likely N-dealkylation sites (N-methyl/N-ethyl adjacent to an activating group) is 2. The van der Waals surface area contributed by atoms with Gasteiger partial charge in [-0.2, -0.15) is 39.5 Å². The normalized spacial score (nSPS) is 19.9. The van der Waals surface area contributed by atoms with Gasteiger partial charge in [0.25, 0.3) is 5.91 Å². The third kappa shape index (κ3) is 16.9. The summed E-state index contributed by atoms with van der Waals surface area (Å²) >= 11 is 0. The number of β-amino-alcohol motifs (C(OH)–C–C–N with tert-alkyl or cyclic N) is 1. The number of anilines is 6. The fourth-order valence-electron chi connectivity index (χ4n) is 14.5. The van der Waals surface area contributed by atoms with Crippen molar-refractivity contribution in [2.45, 2.75) is 107 Å². The van der Waals surface area contributed by atoms with E-state index < -0.39 is 63.8 Å². The number of aliphatic hydroxyl groups excluding tert-OH is 1. The summed E-state index contributed by atoms with van der Waals surface area (Å²) in [6.45, 7) is 7.12. The van der Waals surface area contributed by atoms with Crippen LogP contribution in [0.15, 0.2) is 127 Å². The Morgan fingerprint density at radius 1 is 0.533 bits per heavy atom. The lowest BCUT2D eigenvalue weighted by Crippen LogP contribution is -2.44. The molecular weight excluding hydrogens is 1420 g/mol. The smallest absolute Gasteiger partial charge is 0.416 e. The number of fused-ring (bicyclic) bond motifs is 6. The Morgan fingerprint density at radius 3 is 1.45 bits per heavy atom. The zero-order valence-corrected chi connectivity index (χ0v) is 58.2. The molecule has 0 unspecified atom stereocenters. The quantitative estimate of drug-likeness (QED) is 0.0668. The van der Waals surface area contributed by atoms with Crippen LogP contribution in [0.3, 0.4) is 0 Å². The number of nitrogens with one attached hydrogen (secondary N) is 4. The topological polar surface area (TPSA) is 237 Å². The van der Waals surface area contributed by atoms with E-state index in [1.165, 1.54) is 46.2 Å². The zero-order valence-electron chi connectivity index (χ0n) is 58.2. The van der Waals surface area contributed by atoms with Crippen LogP contribution in [0.4, 0.5) is 78.4 Å². The predicted molar refractivity (Wildman–Crippen MR) is 376 cm³/mol. The largest absolute Gasteiger partial charge is 0.490 e. The van der Waals surface area contributed by atoms with Crippen LogP contribution in [0.2, 0.25) is 0 Å². The lowest BCUT2D eigenvalue weighted by atomic mass is 9.81. The van der Waals surface area contributed by atoms with Gasteiger partial charge >= 0.3 is 24.6 Å². The lowest BCUT2D eigenvalue weighted by Gasteiger charge is -2.42. The van der Waals surface area contributed by atoms with E-state index in [2.05, 4.69) is 33.1 Å². The van der Waals surface area contributed by atoms with Crippen molar-refractivity contribution in [1.82, 2.24) is 4.90 Å². The Balaban J connectivity index is 0.000000142. The van der Waals surface area contributed by atoms with Crippen LogP contribution in [0, 0.1) is 0 Å². The van der Waals surface area contributed by atoms with Crippen LogP contribution in [-0.4, -0.2) is 143 Å². The highest BCUT2D eigenvalue weighted by Crippen LogP contribution is 2.51. The summed E-state index contributed by atoms with van der Waals surface area (Å²) in [6, 6.07) is 25.4. The van der Waals surface area contributed by atoms with Gasteiger partial charge in [0.2, 0.25) is 17.7 Å². The zero-order chi connectivity index (χ0) is 75.6. The van der Waals surface area contributed by atoms with Gasteiger partial charge in [-0.05, 0) is 108 Å². The standard InChI is InChI=1S/C26H26F3N3O5.C26H27F3N2O4.C25H23F3N2O5/c27-26(28,29)18-2-4-20-17(14-25(37-22(20)12-18)5-9-36-10-6-25)11-23(34)30-19-3-1-16-15-32(7-8-33)24(35)31-21(16)13-19;1-2-31-9-12-34-22-6-4-19(15-21(22)31)30-24(32)13-17-16-25(7-10-33-11-8-25)35-23-14-18(26(27,28)29)3-5-20(17)23;1-30-19-4-2-3-18(23(19)34-14-22(30)32)29-21(31)11-15-13-24(7-9-33-10-8-24)35-20-12-16(25(26,27)28)5-6-17(15)20/h1-4,11-13,33H,5-10,14-15H2,(H,30,34)(H,31,35);3-6,13-15H,2,7-12,16H2,1H3,(H,30,32);2-6,11-12H,7-10,13-14H2,1H3,(H,29,31)/b17-11+;17-13+;15-11+. The minimum Gasteiger partial charge on any atom is -0.490 e. The Bertz CT molecular complexity index is 4520. The second-order valence-corrected chi connectivity index (χ2v) is 27.3. The molecule has 21 nitrogen and oxygen atoms in total. The molecule has 0 bridgehead atoms. The molecule has 9 aliphatic rings. The molecule has 0 saturated carbocycles. The predicted octanol–water partition coefficient (Wildman–Crippen LogP) is 14.1. The fraction of sp³-hybridized carbons (Fsp3) is 0.390. The van der Waals surface area contributed by atoms with Crippen molar-refractivity contribution >= 4 is 80.5 Å². The first-order valence-electron chi connectivity index (χ1n) is 34.9. The molecule has 30 heteroatoms. The molecule has 3 spiro atoms. The van der Waals surface area contributed by atoms with Crippen molar-refractivity contribution in [3.05, 3.63) is 166 Å². The van der Waals surface area contributed by atoms with Gasteiger partial charge in [-0.15, -0.1) is 0 Å². The van der Waals surface area contributed by atoms with Crippen LogP contribution in [0.1, 0.15) is 104 Å². The molecule has 5 N–H and O–H groups in total. The molecule has 0 radical (unpaired) electrons. The average Bonchev–Trinajstić information content (AvgIpc) is 0.769.